The van der Waals surface area contributed by atoms with Gasteiger partial charge in [0.25, 0.3) is 5.56 Å². The lowest BCUT2D eigenvalue weighted by atomic mass is 9.70. The molecule has 0 spiro atoms. The van der Waals surface area contributed by atoms with E-state index in [0.29, 0.717) is 11.5 Å². The van der Waals surface area contributed by atoms with Crippen LogP contribution in [0.3, 0.4) is 0 Å². The van der Waals surface area contributed by atoms with Gasteiger partial charge in [-0.2, -0.15) is 0 Å². The summed E-state index contributed by atoms with van der Waals surface area (Å²) in [7, 11) is 1.95. The number of hydrogen-bond donors (Lipinski definition) is 0. The Morgan fingerprint density at radius 3 is 2.61 bits per heavy atom. The molecule has 0 N–H and O–H groups in total. The summed E-state index contributed by atoms with van der Waals surface area (Å²) in [6.45, 7) is 7.14. The van der Waals surface area contributed by atoms with Crippen LogP contribution in [-0.2, 0) is 19.0 Å². The van der Waals surface area contributed by atoms with Crippen LogP contribution in [0.4, 0.5) is 4.39 Å². The van der Waals surface area contributed by atoms with E-state index in [1.54, 1.807) is 16.8 Å². The number of nitrogens with zero attached hydrogens (tertiary/aromatic N) is 2. The third-order valence-electron chi connectivity index (χ3n) is 6.78. The Morgan fingerprint density at radius 1 is 1.26 bits per heavy atom. The normalized spacial score (nSPS) is 27.4. The van der Waals surface area contributed by atoms with Crippen LogP contribution in [0.25, 0.3) is 0 Å². The zero-order valence-corrected chi connectivity index (χ0v) is 14.2. The molecule has 1 aromatic carbocycles. The van der Waals surface area contributed by atoms with E-state index in [2.05, 4.69) is 20.8 Å². The Kier molecular flexibility index (Phi) is 2.80. The molecule has 1 aromatic heterocycles. The summed E-state index contributed by atoms with van der Waals surface area (Å²) < 4.78 is 17.7. The molecule has 1 heterocycles. The fourth-order valence-corrected chi connectivity index (χ4v) is 5.04. The second-order valence-corrected chi connectivity index (χ2v) is 7.89. The number of hydrogen-bond acceptors (Lipinski definition) is 1. The Bertz CT molecular complexity index is 861. The van der Waals surface area contributed by atoms with Crippen LogP contribution >= 0.6 is 0 Å². The van der Waals surface area contributed by atoms with E-state index in [1.807, 2.05) is 17.8 Å². The van der Waals surface area contributed by atoms with Gasteiger partial charge in [-0.1, -0.05) is 39.0 Å². The van der Waals surface area contributed by atoms with E-state index in [1.165, 1.54) is 11.8 Å². The Hall–Kier alpha value is -1.84. The fourth-order valence-electron chi connectivity index (χ4n) is 5.04. The van der Waals surface area contributed by atoms with Crippen molar-refractivity contribution in [2.75, 3.05) is 0 Å². The minimum Gasteiger partial charge on any atom is -0.289 e. The number of aromatic nitrogens is 2. The Balaban J connectivity index is 1.88. The van der Waals surface area contributed by atoms with Crippen LogP contribution in [-0.4, -0.2) is 9.36 Å². The summed E-state index contributed by atoms with van der Waals surface area (Å²) in [4.78, 5) is 13.0. The molecule has 1 saturated carbocycles. The van der Waals surface area contributed by atoms with Gasteiger partial charge in [0.2, 0.25) is 0 Å². The van der Waals surface area contributed by atoms with Crippen LogP contribution < -0.4 is 5.56 Å². The quantitative estimate of drug-likeness (QED) is 0.833. The first-order valence-corrected chi connectivity index (χ1v) is 8.32. The van der Waals surface area contributed by atoms with Gasteiger partial charge in [0.1, 0.15) is 5.82 Å². The molecular formula is C19H23FN2O. The van der Waals surface area contributed by atoms with Crippen molar-refractivity contribution in [3.63, 3.8) is 0 Å². The monoisotopic (exact) mass is 314 g/mol. The second kappa shape index (κ2) is 4.37. The largest absolute Gasteiger partial charge is 0.289 e. The van der Waals surface area contributed by atoms with E-state index in [0.717, 1.165) is 18.4 Å². The van der Waals surface area contributed by atoms with Crippen LogP contribution in [0.1, 0.15) is 56.4 Å². The highest BCUT2D eigenvalue weighted by Gasteiger charge is 2.62. The highest BCUT2D eigenvalue weighted by molar-refractivity contribution is 5.45. The lowest BCUT2D eigenvalue weighted by molar-refractivity contribution is 0.215. The molecule has 2 aliphatic carbocycles. The van der Waals surface area contributed by atoms with E-state index >= 15 is 0 Å². The van der Waals surface area contributed by atoms with Gasteiger partial charge in [0.05, 0.1) is 12.2 Å². The van der Waals surface area contributed by atoms with E-state index in [4.69, 9.17) is 0 Å². The highest BCUT2D eigenvalue weighted by atomic mass is 19.1. The zero-order chi connectivity index (χ0) is 16.6. The van der Waals surface area contributed by atoms with Crippen molar-refractivity contribution in [1.29, 1.82) is 0 Å². The molecule has 0 saturated heterocycles. The molecule has 4 heteroatoms. The number of halogens is 1. The molecule has 0 aliphatic heterocycles. The van der Waals surface area contributed by atoms with Crippen molar-refractivity contribution in [1.82, 2.24) is 9.36 Å². The molecule has 2 atom stereocenters. The van der Waals surface area contributed by atoms with Crippen molar-refractivity contribution in [2.45, 2.75) is 51.5 Å². The van der Waals surface area contributed by atoms with Crippen LogP contribution in [0.15, 0.2) is 29.1 Å². The van der Waals surface area contributed by atoms with Gasteiger partial charge >= 0.3 is 0 Å². The predicted octanol–water partition coefficient (Wildman–Crippen LogP) is 3.55. The molecule has 23 heavy (non-hydrogen) atoms. The molecule has 4 rings (SSSR count). The summed E-state index contributed by atoms with van der Waals surface area (Å²) in [5.41, 5.74) is 2.91. The summed E-state index contributed by atoms with van der Waals surface area (Å²) >= 11 is 0. The first-order valence-electron chi connectivity index (χ1n) is 8.32. The molecule has 0 unspecified atom stereocenters. The molecule has 1 fully saturated rings. The van der Waals surface area contributed by atoms with Gasteiger partial charge in [-0.15, -0.1) is 0 Å². The molecular weight excluding hydrogens is 291 g/mol. The molecule has 2 aliphatic rings. The smallest absolute Gasteiger partial charge is 0.270 e. The maximum Gasteiger partial charge on any atom is 0.270 e. The zero-order valence-electron chi connectivity index (χ0n) is 14.2. The highest BCUT2D eigenvalue weighted by Crippen LogP contribution is 2.66. The van der Waals surface area contributed by atoms with Gasteiger partial charge < -0.3 is 0 Å². The lowest BCUT2D eigenvalue weighted by Crippen LogP contribution is -2.35. The lowest BCUT2D eigenvalue weighted by Gasteiger charge is -2.36. The summed E-state index contributed by atoms with van der Waals surface area (Å²) in [5.74, 6) is 0.0679. The van der Waals surface area contributed by atoms with E-state index < -0.39 is 0 Å². The van der Waals surface area contributed by atoms with Crippen LogP contribution in [0.2, 0.25) is 0 Å². The average Bonchev–Trinajstić information content (AvgIpc) is 2.95. The number of fused-ring (bicyclic) bond motifs is 5. The van der Waals surface area contributed by atoms with Crippen molar-refractivity contribution in [3.05, 3.63) is 57.3 Å². The number of benzene rings is 1. The number of rotatable bonds is 2. The minimum atomic E-state index is -0.254. The summed E-state index contributed by atoms with van der Waals surface area (Å²) in [6, 6.07) is 6.69. The van der Waals surface area contributed by atoms with Crippen molar-refractivity contribution in [2.24, 2.45) is 12.5 Å². The average molecular weight is 314 g/mol. The van der Waals surface area contributed by atoms with Crippen LogP contribution in [0, 0.1) is 11.2 Å². The predicted molar refractivity (Wildman–Crippen MR) is 88.3 cm³/mol. The van der Waals surface area contributed by atoms with E-state index in [9.17, 15) is 9.18 Å². The van der Waals surface area contributed by atoms with Gasteiger partial charge in [-0.25, -0.2) is 9.07 Å². The molecule has 122 valence electrons. The second-order valence-electron chi connectivity index (χ2n) is 7.89. The molecule has 0 amide bonds. The Labute approximate surface area is 135 Å². The molecule has 0 radical (unpaired) electrons. The summed E-state index contributed by atoms with van der Waals surface area (Å²) in [6.07, 6.45) is 2.20. The van der Waals surface area contributed by atoms with Crippen molar-refractivity contribution in [3.8, 4) is 0 Å². The third kappa shape index (κ3) is 1.62. The summed E-state index contributed by atoms with van der Waals surface area (Å²) in [5, 5.41) is 0. The maximum absolute atomic E-state index is 14.0. The van der Waals surface area contributed by atoms with Gasteiger partial charge in [0, 0.05) is 23.6 Å². The standard InChI is InChI=1S/C19H23FN2O/c1-18(2)13-9-10-19(18,3)16-15(13)17(23)22(21(16)4)11-12-7-5-6-8-14(12)20/h5-8,13H,9-11H2,1-4H3/t13-,19+/m1/s1. The van der Waals surface area contributed by atoms with Gasteiger partial charge in [0.15, 0.2) is 0 Å². The fraction of sp³-hybridized carbons (Fsp3) is 0.526. The van der Waals surface area contributed by atoms with Gasteiger partial charge in [-0.05, 0) is 30.2 Å². The SMILES string of the molecule is Cn1c2c(c(=O)n1Cc1ccccc1F)[C@H]1CC[C@]2(C)C1(C)C. The topological polar surface area (TPSA) is 26.9 Å². The Morgan fingerprint density at radius 2 is 1.96 bits per heavy atom. The minimum absolute atomic E-state index is 0.0292. The van der Waals surface area contributed by atoms with E-state index in [-0.39, 0.29) is 28.8 Å². The maximum atomic E-state index is 14.0. The third-order valence-corrected chi connectivity index (χ3v) is 6.78. The van der Waals surface area contributed by atoms with Crippen molar-refractivity contribution >= 4 is 0 Å². The van der Waals surface area contributed by atoms with Crippen LogP contribution in [0.5, 0.6) is 0 Å². The first kappa shape index (κ1) is 14.7. The molecule has 2 bridgehead atoms. The molecule has 3 nitrogen and oxygen atoms in total. The van der Waals surface area contributed by atoms with Crippen molar-refractivity contribution < 1.29 is 4.39 Å². The first-order chi connectivity index (χ1) is 10.8. The molecule has 2 aromatic rings. The van der Waals surface area contributed by atoms with Gasteiger partial charge in [-0.3, -0.25) is 9.48 Å².